The SMILES string of the molecule is CCC(CC)(C(C)=O)C(=O)OOC(=O)C(CC)(CC)C(C)=O. The highest BCUT2D eigenvalue weighted by molar-refractivity contribution is 6.04. The molecule has 0 spiro atoms. The van der Waals surface area contributed by atoms with Gasteiger partial charge in [-0.25, -0.2) is 19.4 Å². The van der Waals surface area contributed by atoms with Crippen molar-refractivity contribution in [1.82, 2.24) is 0 Å². The molecule has 0 aromatic heterocycles. The molecule has 0 aliphatic heterocycles. The van der Waals surface area contributed by atoms with Gasteiger partial charge in [-0.1, -0.05) is 27.7 Å². The summed E-state index contributed by atoms with van der Waals surface area (Å²) in [5.41, 5.74) is -2.64. The van der Waals surface area contributed by atoms with E-state index < -0.39 is 22.8 Å². The highest BCUT2D eigenvalue weighted by Gasteiger charge is 2.46. The highest BCUT2D eigenvalue weighted by atomic mass is 17.2. The van der Waals surface area contributed by atoms with Crippen molar-refractivity contribution in [2.75, 3.05) is 0 Å². The maximum absolute atomic E-state index is 12.1. The number of rotatable bonds is 8. The third kappa shape index (κ3) is 3.54. The zero-order chi connectivity index (χ0) is 17.6. The number of ketones is 2. The molecule has 0 saturated carbocycles. The van der Waals surface area contributed by atoms with Crippen LogP contribution >= 0.6 is 0 Å². The zero-order valence-electron chi connectivity index (χ0n) is 14.3. The molecule has 0 aliphatic carbocycles. The molecule has 0 aliphatic rings. The maximum Gasteiger partial charge on any atom is 0.368 e. The monoisotopic (exact) mass is 314 g/mol. The second kappa shape index (κ2) is 8.06. The Morgan fingerprint density at radius 2 is 0.864 bits per heavy atom. The molecule has 0 N–H and O–H groups in total. The molecular formula is C16H26O6. The molecule has 0 saturated heterocycles. The Bertz CT molecular complexity index is 402. The Morgan fingerprint density at radius 3 is 1.00 bits per heavy atom. The average Bonchev–Trinajstić information content (AvgIpc) is 2.48. The van der Waals surface area contributed by atoms with Crippen LogP contribution in [-0.2, 0) is 29.0 Å². The standard InChI is InChI=1S/C16H26O6/c1-7-15(8-2,11(5)17)13(19)21-22-14(20)16(9-3,10-4)12(6)18/h7-10H2,1-6H3. The van der Waals surface area contributed by atoms with E-state index in [2.05, 4.69) is 9.78 Å². The van der Waals surface area contributed by atoms with Crippen LogP contribution in [0.1, 0.15) is 67.2 Å². The van der Waals surface area contributed by atoms with Crippen LogP contribution in [0.3, 0.4) is 0 Å². The van der Waals surface area contributed by atoms with Crippen molar-refractivity contribution in [3.05, 3.63) is 0 Å². The van der Waals surface area contributed by atoms with Gasteiger partial charge in [0.2, 0.25) is 0 Å². The minimum Gasteiger partial charge on any atom is -0.299 e. The summed E-state index contributed by atoms with van der Waals surface area (Å²) in [6.45, 7) is 9.35. The number of hydrogen-bond donors (Lipinski definition) is 0. The molecule has 6 heteroatoms. The molecule has 0 radical (unpaired) electrons. The molecule has 0 heterocycles. The third-order valence-corrected chi connectivity index (χ3v) is 4.74. The lowest BCUT2D eigenvalue weighted by Gasteiger charge is -2.27. The fourth-order valence-electron chi connectivity index (χ4n) is 2.60. The molecule has 0 unspecified atom stereocenters. The van der Waals surface area contributed by atoms with Gasteiger partial charge >= 0.3 is 11.9 Å². The Hall–Kier alpha value is -1.72. The topological polar surface area (TPSA) is 86.7 Å². The van der Waals surface area contributed by atoms with Gasteiger partial charge in [0, 0.05) is 0 Å². The van der Waals surface area contributed by atoms with Gasteiger partial charge in [-0.15, -0.1) is 0 Å². The molecule has 0 fully saturated rings. The summed E-state index contributed by atoms with van der Waals surface area (Å²) in [4.78, 5) is 57.0. The van der Waals surface area contributed by atoms with E-state index in [0.717, 1.165) is 0 Å². The van der Waals surface area contributed by atoms with E-state index in [1.165, 1.54) is 13.8 Å². The molecule has 0 bridgehead atoms. The van der Waals surface area contributed by atoms with E-state index in [9.17, 15) is 19.2 Å². The van der Waals surface area contributed by atoms with Crippen LogP contribution in [0.15, 0.2) is 0 Å². The Balaban J connectivity index is 5.15. The maximum atomic E-state index is 12.1. The Labute approximate surface area is 131 Å². The van der Waals surface area contributed by atoms with Gasteiger partial charge in [0.15, 0.2) is 0 Å². The van der Waals surface area contributed by atoms with Gasteiger partial charge < -0.3 is 0 Å². The fourth-order valence-corrected chi connectivity index (χ4v) is 2.60. The van der Waals surface area contributed by atoms with E-state index in [4.69, 9.17) is 0 Å². The number of carbonyl (C=O) groups excluding carboxylic acids is 4. The van der Waals surface area contributed by atoms with Crippen LogP contribution in [0.2, 0.25) is 0 Å². The largest absolute Gasteiger partial charge is 0.368 e. The van der Waals surface area contributed by atoms with Crippen LogP contribution in [0.25, 0.3) is 0 Å². The van der Waals surface area contributed by atoms with Crippen molar-refractivity contribution in [3.63, 3.8) is 0 Å². The lowest BCUT2D eigenvalue weighted by molar-refractivity contribution is -0.272. The first-order valence-corrected chi connectivity index (χ1v) is 7.63. The molecule has 0 aromatic rings. The van der Waals surface area contributed by atoms with Crippen LogP contribution in [0, 0.1) is 10.8 Å². The third-order valence-electron chi connectivity index (χ3n) is 4.74. The van der Waals surface area contributed by atoms with Gasteiger partial charge in [0.25, 0.3) is 0 Å². The predicted molar refractivity (Wildman–Crippen MR) is 79.6 cm³/mol. The highest BCUT2D eigenvalue weighted by Crippen LogP contribution is 2.32. The normalized spacial score (nSPS) is 11.7. The molecule has 0 atom stereocenters. The van der Waals surface area contributed by atoms with Crippen LogP contribution in [-0.4, -0.2) is 23.5 Å². The van der Waals surface area contributed by atoms with Gasteiger partial charge in [-0.3, -0.25) is 9.59 Å². The average molecular weight is 314 g/mol. The number of hydrogen-bond acceptors (Lipinski definition) is 6. The van der Waals surface area contributed by atoms with E-state index in [1.54, 1.807) is 27.7 Å². The van der Waals surface area contributed by atoms with E-state index in [-0.39, 0.29) is 37.2 Å². The van der Waals surface area contributed by atoms with Gasteiger partial charge in [-0.05, 0) is 39.5 Å². The first-order valence-electron chi connectivity index (χ1n) is 7.63. The zero-order valence-corrected chi connectivity index (χ0v) is 14.3. The van der Waals surface area contributed by atoms with Crippen molar-refractivity contribution in [2.24, 2.45) is 10.8 Å². The van der Waals surface area contributed by atoms with E-state index >= 15 is 0 Å². The van der Waals surface area contributed by atoms with Crippen LogP contribution < -0.4 is 0 Å². The minimum absolute atomic E-state index is 0.245. The van der Waals surface area contributed by atoms with Crippen molar-refractivity contribution in [2.45, 2.75) is 67.2 Å². The molecule has 22 heavy (non-hydrogen) atoms. The summed E-state index contributed by atoms with van der Waals surface area (Å²) in [5.74, 6) is -2.49. The van der Waals surface area contributed by atoms with Crippen LogP contribution in [0.5, 0.6) is 0 Å². The summed E-state index contributed by atoms with van der Waals surface area (Å²) in [6, 6.07) is 0. The van der Waals surface area contributed by atoms with Crippen LogP contribution in [0.4, 0.5) is 0 Å². The molecule has 0 amide bonds. The first kappa shape index (κ1) is 20.3. The van der Waals surface area contributed by atoms with E-state index in [0.29, 0.717) is 0 Å². The minimum atomic E-state index is -1.32. The van der Waals surface area contributed by atoms with E-state index in [1.807, 2.05) is 0 Å². The first-order chi connectivity index (χ1) is 10.2. The Kier molecular flexibility index (Phi) is 7.43. The lowest BCUT2D eigenvalue weighted by atomic mass is 9.79. The number of Topliss-reactive ketones (excluding diaryl/α,β-unsaturated/α-hetero) is 2. The van der Waals surface area contributed by atoms with Gasteiger partial charge in [0.05, 0.1) is 0 Å². The molecular weight excluding hydrogens is 288 g/mol. The summed E-state index contributed by atoms with van der Waals surface area (Å²) >= 11 is 0. The summed E-state index contributed by atoms with van der Waals surface area (Å²) in [7, 11) is 0. The van der Waals surface area contributed by atoms with Crippen molar-refractivity contribution < 1.29 is 29.0 Å². The summed E-state index contributed by atoms with van der Waals surface area (Å²) in [5, 5.41) is 0. The smallest absolute Gasteiger partial charge is 0.299 e. The molecule has 126 valence electrons. The van der Waals surface area contributed by atoms with Gasteiger partial charge in [-0.2, -0.15) is 0 Å². The lowest BCUT2D eigenvalue weighted by Crippen LogP contribution is -2.42. The Morgan fingerprint density at radius 1 is 0.636 bits per heavy atom. The van der Waals surface area contributed by atoms with Crippen molar-refractivity contribution >= 4 is 23.5 Å². The summed E-state index contributed by atoms with van der Waals surface area (Å²) < 4.78 is 0. The van der Waals surface area contributed by atoms with Gasteiger partial charge in [0.1, 0.15) is 22.4 Å². The molecule has 0 aromatic carbocycles. The van der Waals surface area contributed by atoms with Crippen molar-refractivity contribution in [3.8, 4) is 0 Å². The molecule has 6 nitrogen and oxygen atoms in total. The predicted octanol–water partition coefficient (Wildman–Crippen LogP) is 2.78. The fraction of sp³-hybridized carbons (Fsp3) is 0.750. The van der Waals surface area contributed by atoms with Crippen molar-refractivity contribution in [1.29, 1.82) is 0 Å². The number of carbonyl (C=O) groups is 4. The molecule has 0 rings (SSSR count). The second-order valence-corrected chi connectivity index (χ2v) is 5.43. The second-order valence-electron chi connectivity index (χ2n) is 5.43. The quantitative estimate of drug-likeness (QED) is 0.389. The summed E-state index contributed by atoms with van der Waals surface area (Å²) in [6.07, 6.45) is 0.979.